The van der Waals surface area contributed by atoms with Gasteiger partial charge in [-0.3, -0.25) is 0 Å². The molecule has 0 fully saturated rings. The van der Waals surface area contributed by atoms with E-state index in [1.165, 1.54) is 38.1 Å². The lowest BCUT2D eigenvalue weighted by molar-refractivity contribution is 1.18. The minimum Gasteiger partial charge on any atom is -0.309 e. The highest BCUT2D eigenvalue weighted by atomic mass is 15.0. The second-order valence-corrected chi connectivity index (χ2v) is 18.4. The minimum atomic E-state index is 0.666. The highest BCUT2D eigenvalue weighted by Crippen LogP contribution is 2.41. The van der Waals surface area contributed by atoms with Crippen LogP contribution in [0, 0.1) is 0 Å². The molecule has 5 heteroatoms. The summed E-state index contributed by atoms with van der Waals surface area (Å²) in [6.07, 6.45) is 0. The van der Waals surface area contributed by atoms with E-state index in [0.717, 1.165) is 89.4 Å². The summed E-state index contributed by atoms with van der Waals surface area (Å²) in [4.78, 5) is 15.9. The second kappa shape index (κ2) is 17.1. The molecule has 0 aliphatic carbocycles. The molecule has 0 atom stereocenters. The number of nitrogens with zero attached hydrogens (tertiary/aromatic N) is 5. The van der Waals surface area contributed by atoms with Crippen LogP contribution in [0.1, 0.15) is 0 Å². The minimum absolute atomic E-state index is 0.666. The molecular weight excluding hydrogens is 875 g/mol. The van der Waals surface area contributed by atoms with Crippen molar-refractivity contribution in [1.82, 2.24) is 24.1 Å². The van der Waals surface area contributed by atoms with Gasteiger partial charge >= 0.3 is 0 Å². The Morgan fingerprint density at radius 1 is 0.236 bits per heavy atom. The third-order valence-electron chi connectivity index (χ3n) is 14.1. The largest absolute Gasteiger partial charge is 0.309 e. The van der Waals surface area contributed by atoms with Crippen molar-refractivity contribution in [3.8, 4) is 78.8 Å². The zero-order valence-corrected chi connectivity index (χ0v) is 39.1. The molecule has 0 aliphatic heterocycles. The third-order valence-corrected chi connectivity index (χ3v) is 14.1. The van der Waals surface area contributed by atoms with E-state index in [2.05, 4.69) is 258 Å². The van der Waals surface area contributed by atoms with Crippen molar-refractivity contribution >= 4 is 54.5 Å². The number of fused-ring (bicyclic) bond motifs is 7. The van der Waals surface area contributed by atoms with Crippen LogP contribution in [0.3, 0.4) is 0 Å². The van der Waals surface area contributed by atoms with Crippen LogP contribution in [0.15, 0.2) is 261 Å². The summed E-state index contributed by atoms with van der Waals surface area (Å²) >= 11 is 0. The van der Waals surface area contributed by atoms with E-state index < -0.39 is 0 Å². The van der Waals surface area contributed by atoms with Crippen molar-refractivity contribution < 1.29 is 0 Å². The van der Waals surface area contributed by atoms with Gasteiger partial charge in [0.05, 0.1) is 44.7 Å². The van der Waals surface area contributed by atoms with E-state index in [1.54, 1.807) is 0 Å². The Balaban J connectivity index is 0.962. The fraction of sp³-hybridized carbons (Fsp3) is 0. The summed E-state index contributed by atoms with van der Waals surface area (Å²) in [6, 6.07) is 92.8. The first kappa shape index (κ1) is 41.3. The number of hydrogen-bond donors (Lipinski definition) is 0. The standard InChI is InChI=1S/C67H43N5/c1-5-18-44(19-6-1)61-43-62(45-20-7-2-8-21-45)70-67(69-61)50-23-17-22-48(38-50)55-42-60(49-34-37-66-58(41-49)54-29-14-16-31-64(54)72(66)52-26-11-4-12-27-52)68-59-35-32-46(39-56(55)59)47-33-36-65-57(40-47)53-28-13-15-30-63(53)71(65)51-24-9-3-10-25-51/h1-43H. The fourth-order valence-electron chi connectivity index (χ4n) is 10.7. The van der Waals surface area contributed by atoms with Crippen LogP contribution in [-0.4, -0.2) is 24.1 Å². The lowest BCUT2D eigenvalue weighted by Crippen LogP contribution is -1.96. The number of para-hydroxylation sites is 4. The average Bonchev–Trinajstić information content (AvgIpc) is 3.98. The molecule has 5 nitrogen and oxygen atoms in total. The maximum Gasteiger partial charge on any atom is 0.160 e. The van der Waals surface area contributed by atoms with Gasteiger partial charge in [0.15, 0.2) is 5.82 Å². The third kappa shape index (κ3) is 7.06. The van der Waals surface area contributed by atoms with Crippen LogP contribution in [0.2, 0.25) is 0 Å². The van der Waals surface area contributed by atoms with Crippen molar-refractivity contribution in [2.24, 2.45) is 0 Å². The maximum absolute atomic E-state index is 5.48. The van der Waals surface area contributed by atoms with E-state index >= 15 is 0 Å². The van der Waals surface area contributed by atoms with Crippen LogP contribution in [0.25, 0.3) is 133 Å². The molecule has 0 saturated carbocycles. The molecule has 0 aliphatic rings. The van der Waals surface area contributed by atoms with Gasteiger partial charge in [-0.15, -0.1) is 0 Å². The van der Waals surface area contributed by atoms with Crippen molar-refractivity contribution in [2.45, 2.75) is 0 Å². The first-order valence-corrected chi connectivity index (χ1v) is 24.4. The first-order valence-electron chi connectivity index (χ1n) is 24.4. The molecule has 4 aromatic heterocycles. The van der Waals surface area contributed by atoms with E-state index in [-0.39, 0.29) is 0 Å². The van der Waals surface area contributed by atoms with Gasteiger partial charge in [0.1, 0.15) is 0 Å². The van der Waals surface area contributed by atoms with Gasteiger partial charge in [0.25, 0.3) is 0 Å². The normalized spacial score (nSPS) is 11.6. The predicted octanol–water partition coefficient (Wildman–Crippen LogP) is 17.2. The van der Waals surface area contributed by atoms with Gasteiger partial charge in [-0.1, -0.05) is 170 Å². The van der Waals surface area contributed by atoms with Crippen LogP contribution in [-0.2, 0) is 0 Å². The first-order chi connectivity index (χ1) is 35.7. The molecule has 0 bridgehead atoms. The molecule has 0 N–H and O–H groups in total. The fourth-order valence-corrected chi connectivity index (χ4v) is 10.7. The quantitative estimate of drug-likeness (QED) is 0.153. The zero-order chi connectivity index (χ0) is 47.5. The summed E-state index contributed by atoms with van der Waals surface area (Å²) in [7, 11) is 0. The second-order valence-electron chi connectivity index (χ2n) is 18.4. The summed E-state index contributed by atoms with van der Waals surface area (Å²) < 4.78 is 4.72. The Morgan fingerprint density at radius 3 is 1.25 bits per heavy atom. The Kier molecular flexibility index (Phi) is 9.78. The highest BCUT2D eigenvalue weighted by molar-refractivity contribution is 6.12. The van der Waals surface area contributed by atoms with Gasteiger partial charge in [-0.25, -0.2) is 15.0 Å². The van der Waals surface area contributed by atoms with Gasteiger partial charge in [0, 0.05) is 60.6 Å². The molecule has 0 amide bonds. The van der Waals surface area contributed by atoms with Gasteiger partial charge in [-0.2, -0.15) is 0 Å². The van der Waals surface area contributed by atoms with Crippen molar-refractivity contribution in [3.05, 3.63) is 261 Å². The van der Waals surface area contributed by atoms with Crippen LogP contribution in [0.4, 0.5) is 0 Å². The molecular formula is C67H43N5. The zero-order valence-electron chi connectivity index (χ0n) is 39.1. The van der Waals surface area contributed by atoms with E-state index in [9.17, 15) is 0 Å². The molecule has 0 unspecified atom stereocenters. The van der Waals surface area contributed by atoms with Crippen molar-refractivity contribution in [1.29, 1.82) is 0 Å². The van der Waals surface area contributed by atoms with Crippen LogP contribution in [0.5, 0.6) is 0 Å². The number of aromatic nitrogens is 5. The Bertz CT molecular complexity index is 4310. The van der Waals surface area contributed by atoms with Crippen molar-refractivity contribution in [2.75, 3.05) is 0 Å². The Labute approximate surface area is 416 Å². The van der Waals surface area contributed by atoms with Crippen LogP contribution < -0.4 is 0 Å². The molecule has 4 heterocycles. The molecule has 336 valence electrons. The van der Waals surface area contributed by atoms with E-state index in [1.807, 2.05) is 12.1 Å². The van der Waals surface area contributed by atoms with Gasteiger partial charge in [0.2, 0.25) is 0 Å². The summed E-state index contributed by atoms with van der Waals surface area (Å²) in [6.45, 7) is 0. The number of benzene rings is 10. The molecule has 72 heavy (non-hydrogen) atoms. The topological polar surface area (TPSA) is 48.5 Å². The lowest BCUT2D eigenvalue weighted by Gasteiger charge is -2.14. The van der Waals surface area contributed by atoms with E-state index in [0.29, 0.717) is 5.82 Å². The number of pyridine rings is 1. The smallest absolute Gasteiger partial charge is 0.160 e. The van der Waals surface area contributed by atoms with Gasteiger partial charge in [-0.05, 0) is 113 Å². The SMILES string of the molecule is c1ccc(-c2cc(-c3ccccc3)nc(-c3cccc(-c4cc(-c5ccc6c(c5)c5ccccc5n6-c5ccccc5)nc5ccc(-c6ccc7c(c6)c6ccccc6n7-c6ccccc6)cc45)c3)n2)cc1. The molecule has 14 aromatic rings. The molecule has 0 spiro atoms. The average molecular weight is 918 g/mol. The maximum atomic E-state index is 5.48. The lowest BCUT2D eigenvalue weighted by atomic mass is 9.94. The summed E-state index contributed by atoms with van der Waals surface area (Å²) in [5.74, 6) is 0.666. The monoisotopic (exact) mass is 917 g/mol. The van der Waals surface area contributed by atoms with Crippen molar-refractivity contribution in [3.63, 3.8) is 0 Å². The molecule has 0 radical (unpaired) electrons. The summed E-state index contributed by atoms with van der Waals surface area (Å²) in [5.41, 5.74) is 19.0. The van der Waals surface area contributed by atoms with Gasteiger partial charge < -0.3 is 9.13 Å². The summed E-state index contributed by atoms with van der Waals surface area (Å²) in [5, 5.41) is 5.88. The Hall–Kier alpha value is -9.71. The molecule has 0 saturated heterocycles. The predicted molar refractivity (Wildman–Crippen MR) is 299 cm³/mol. The highest BCUT2D eigenvalue weighted by Gasteiger charge is 2.19. The number of rotatable bonds is 8. The van der Waals surface area contributed by atoms with Crippen LogP contribution >= 0.6 is 0 Å². The number of hydrogen-bond acceptors (Lipinski definition) is 3. The van der Waals surface area contributed by atoms with E-state index in [4.69, 9.17) is 15.0 Å². The Morgan fingerprint density at radius 2 is 0.667 bits per heavy atom. The molecule has 10 aromatic carbocycles. The molecule has 14 rings (SSSR count).